The zero-order valence-electron chi connectivity index (χ0n) is 10.3. The van der Waals surface area contributed by atoms with E-state index >= 15 is 0 Å². The fraction of sp³-hybridized carbons (Fsp3) is 0.0714. The monoisotopic (exact) mass is 301 g/mol. The largest absolute Gasteiger partial charge is 0.417 e. The molecule has 1 amide bonds. The van der Waals surface area contributed by atoms with Crippen LogP contribution in [0.3, 0.4) is 0 Å². The van der Waals surface area contributed by atoms with Crippen molar-refractivity contribution in [3.63, 3.8) is 0 Å². The molecule has 0 aromatic heterocycles. The smallest absolute Gasteiger partial charge is 0.319 e. The van der Waals surface area contributed by atoms with E-state index in [4.69, 9.17) is 0 Å². The Balaban J connectivity index is 2.33. The Morgan fingerprint density at radius 2 is 1.67 bits per heavy atom. The van der Waals surface area contributed by atoms with Crippen LogP contribution < -0.4 is 5.32 Å². The Morgan fingerprint density at radius 1 is 1.00 bits per heavy atom. The van der Waals surface area contributed by atoms with Gasteiger partial charge in [0.05, 0.1) is 16.8 Å². The van der Waals surface area contributed by atoms with Crippen molar-refractivity contribution in [3.05, 3.63) is 65.2 Å². The number of benzene rings is 2. The van der Waals surface area contributed by atoms with Gasteiger partial charge in [-0.25, -0.2) is 8.78 Å². The molecule has 2 aromatic carbocycles. The lowest BCUT2D eigenvalue weighted by Gasteiger charge is -2.13. The van der Waals surface area contributed by atoms with Gasteiger partial charge in [0, 0.05) is 6.07 Å². The summed E-state index contributed by atoms with van der Waals surface area (Å²) in [7, 11) is 0. The molecule has 2 aromatic rings. The molecule has 2 nitrogen and oxygen atoms in total. The molecule has 21 heavy (non-hydrogen) atoms. The number of hydrogen-bond donors (Lipinski definition) is 1. The van der Waals surface area contributed by atoms with E-state index in [9.17, 15) is 26.7 Å². The SMILES string of the molecule is O=C(Nc1ccc(F)cc1F)c1ccccc1C(F)(F)F. The van der Waals surface area contributed by atoms with E-state index in [1.54, 1.807) is 0 Å². The van der Waals surface area contributed by atoms with Gasteiger partial charge in [-0.15, -0.1) is 0 Å². The van der Waals surface area contributed by atoms with E-state index in [1.165, 1.54) is 6.07 Å². The van der Waals surface area contributed by atoms with E-state index in [1.807, 2.05) is 5.32 Å². The second kappa shape index (κ2) is 5.51. The van der Waals surface area contributed by atoms with Gasteiger partial charge in [-0.3, -0.25) is 4.79 Å². The van der Waals surface area contributed by atoms with Gasteiger partial charge < -0.3 is 5.32 Å². The van der Waals surface area contributed by atoms with Crippen LogP contribution in [0.25, 0.3) is 0 Å². The minimum absolute atomic E-state index is 0.404. The molecule has 2 rings (SSSR count). The maximum absolute atomic E-state index is 13.4. The third-order valence-corrected chi connectivity index (χ3v) is 2.66. The zero-order valence-corrected chi connectivity index (χ0v) is 10.3. The molecule has 0 saturated heterocycles. The number of anilines is 1. The van der Waals surface area contributed by atoms with E-state index in [0.717, 1.165) is 30.3 Å². The summed E-state index contributed by atoms with van der Waals surface area (Å²) in [5, 5.41) is 1.99. The predicted molar refractivity (Wildman–Crippen MR) is 65.8 cm³/mol. The summed E-state index contributed by atoms with van der Waals surface area (Å²) in [5.74, 6) is -3.07. The molecule has 0 aliphatic heterocycles. The summed E-state index contributed by atoms with van der Waals surface area (Å²) in [6.07, 6.45) is -4.71. The van der Waals surface area contributed by atoms with Crippen LogP contribution >= 0.6 is 0 Å². The molecule has 0 heterocycles. The predicted octanol–water partition coefficient (Wildman–Crippen LogP) is 4.24. The molecule has 110 valence electrons. The second-order valence-corrected chi connectivity index (χ2v) is 4.12. The first kappa shape index (κ1) is 15.0. The summed E-state index contributed by atoms with van der Waals surface area (Å²) < 4.78 is 64.4. The molecule has 0 saturated carbocycles. The van der Waals surface area contributed by atoms with E-state index in [-0.39, 0.29) is 0 Å². The van der Waals surface area contributed by atoms with Crippen LogP contribution in [0.1, 0.15) is 15.9 Å². The van der Waals surface area contributed by atoms with Gasteiger partial charge in [0.2, 0.25) is 0 Å². The summed E-state index contributed by atoms with van der Waals surface area (Å²) in [4.78, 5) is 11.8. The lowest BCUT2D eigenvalue weighted by molar-refractivity contribution is -0.137. The minimum atomic E-state index is -4.71. The van der Waals surface area contributed by atoms with E-state index in [0.29, 0.717) is 6.07 Å². The first-order valence-corrected chi connectivity index (χ1v) is 5.71. The average Bonchev–Trinajstić information content (AvgIpc) is 2.41. The van der Waals surface area contributed by atoms with Crippen molar-refractivity contribution in [2.45, 2.75) is 6.18 Å². The summed E-state index contributed by atoms with van der Waals surface area (Å²) in [6, 6.07) is 6.44. The van der Waals surface area contributed by atoms with Crippen molar-refractivity contribution < 1.29 is 26.7 Å². The van der Waals surface area contributed by atoms with Crippen molar-refractivity contribution in [1.82, 2.24) is 0 Å². The van der Waals surface area contributed by atoms with Gasteiger partial charge in [0.15, 0.2) is 0 Å². The first-order valence-electron chi connectivity index (χ1n) is 5.71. The van der Waals surface area contributed by atoms with Crippen LogP contribution in [0.5, 0.6) is 0 Å². The molecule has 0 spiro atoms. The van der Waals surface area contributed by atoms with E-state index < -0.39 is 40.5 Å². The quantitative estimate of drug-likeness (QED) is 0.826. The Bertz CT molecular complexity index is 681. The van der Waals surface area contributed by atoms with E-state index in [2.05, 4.69) is 0 Å². The number of hydrogen-bond acceptors (Lipinski definition) is 1. The number of carbonyl (C=O) groups excluding carboxylic acids is 1. The molecule has 0 aliphatic rings. The normalized spacial score (nSPS) is 11.3. The van der Waals surface area contributed by atoms with Gasteiger partial charge in [-0.05, 0) is 24.3 Å². The number of carbonyl (C=O) groups is 1. The van der Waals surface area contributed by atoms with Crippen molar-refractivity contribution in [2.24, 2.45) is 0 Å². The number of amides is 1. The highest BCUT2D eigenvalue weighted by molar-refractivity contribution is 6.05. The highest BCUT2D eigenvalue weighted by Crippen LogP contribution is 2.32. The Hall–Kier alpha value is -2.44. The molecular formula is C14H8F5NO. The molecule has 0 atom stereocenters. The zero-order chi connectivity index (χ0) is 15.6. The van der Waals surface area contributed by atoms with Crippen LogP contribution in [0.15, 0.2) is 42.5 Å². The average molecular weight is 301 g/mol. The second-order valence-electron chi connectivity index (χ2n) is 4.12. The fourth-order valence-electron chi connectivity index (χ4n) is 1.71. The van der Waals surface area contributed by atoms with Crippen molar-refractivity contribution in [3.8, 4) is 0 Å². The van der Waals surface area contributed by atoms with Gasteiger partial charge in [-0.1, -0.05) is 12.1 Å². The summed E-state index contributed by atoms with van der Waals surface area (Å²) in [5.41, 5.74) is -2.18. The van der Waals surface area contributed by atoms with Crippen LogP contribution in [0.4, 0.5) is 27.6 Å². The van der Waals surface area contributed by atoms with Crippen LogP contribution in [-0.2, 0) is 6.18 Å². The molecule has 0 unspecified atom stereocenters. The molecule has 0 bridgehead atoms. The molecule has 0 radical (unpaired) electrons. The maximum Gasteiger partial charge on any atom is 0.417 e. The molecular weight excluding hydrogens is 293 g/mol. The number of halogens is 5. The van der Waals surface area contributed by atoms with Crippen LogP contribution in [0, 0.1) is 11.6 Å². The van der Waals surface area contributed by atoms with Gasteiger partial charge in [0.1, 0.15) is 11.6 Å². The fourth-order valence-corrected chi connectivity index (χ4v) is 1.71. The minimum Gasteiger partial charge on any atom is -0.319 e. The lowest BCUT2D eigenvalue weighted by Crippen LogP contribution is -2.19. The summed E-state index contributed by atoms with van der Waals surface area (Å²) >= 11 is 0. The Kier molecular flexibility index (Phi) is 3.93. The Morgan fingerprint density at radius 3 is 2.29 bits per heavy atom. The van der Waals surface area contributed by atoms with Crippen molar-refractivity contribution in [2.75, 3.05) is 5.32 Å². The highest BCUT2D eigenvalue weighted by atomic mass is 19.4. The molecule has 0 aliphatic carbocycles. The topological polar surface area (TPSA) is 29.1 Å². The van der Waals surface area contributed by atoms with Crippen LogP contribution in [-0.4, -0.2) is 5.91 Å². The molecule has 0 fully saturated rings. The molecule has 7 heteroatoms. The van der Waals surface area contributed by atoms with Crippen molar-refractivity contribution in [1.29, 1.82) is 0 Å². The van der Waals surface area contributed by atoms with Gasteiger partial charge >= 0.3 is 6.18 Å². The Labute approximate surface area is 116 Å². The third-order valence-electron chi connectivity index (χ3n) is 2.66. The first-order chi connectivity index (χ1) is 9.79. The standard InChI is InChI=1S/C14H8F5NO/c15-8-5-6-12(11(16)7-8)20-13(21)9-3-1-2-4-10(9)14(17,18)19/h1-7H,(H,20,21). The van der Waals surface area contributed by atoms with Crippen LogP contribution in [0.2, 0.25) is 0 Å². The third kappa shape index (κ3) is 3.36. The molecule has 1 N–H and O–H groups in total. The highest BCUT2D eigenvalue weighted by Gasteiger charge is 2.34. The number of rotatable bonds is 2. The number of nitrogens with one attached hydrogen (secondary N) is 1. The maximum atomic E-state index is 13.4. The van der Waals surface area contributed by atoms with Crippen molar-refractivity contribution >= 4 is 11.6 Å². The van der Waals surface area contributed by atoms with Gasteiger partial charge in [-0.2, -0.15) is 13.2 Å². The summed E-state index contributed by atoms with van der Waals surface area (Å²) in [6.45, 7) is 0. The lowest BCUT2D eigenvalue weighted by atomic mass is 10.1. The number of alkyl halides is 3. The van der Waals surface area contributed by atoms with Gasteiger partial charge in [0.25, 0.3) is 5.91 Å².